The molecule has 0 radical (unpaired) electrons. The van der Waals surface area contributed by atoms with Crippen LogP contribution in [0.5, 0.6) is 11.5 Å². The van der Waals surface area contributed by atoms with Crippen molar-refractivity contribution in [2.45, 2.75) is 26.1 Å². The number of hydrogen-bond donors (Lipinski definition) is 1. The molecule has 2 heterocycles. The first-order valence-electron chi connectivity index (χ1n) is 6.51. The minimum Gasteiger partial charge on any atom is -0.454 e. The van der Waals surface area contributed by atoms with E-state index in [1.807, 2.05) is 29.1 Å². The van der Waals surface area contributed by atoms with E-state index in [0.717, 1.165) is 18.7 Å². The van der Waals surface area contributed by atoms with Crippen LogP contribution in [-0.2, 0) is 13.1 Å². The van der Waals surface area contributed by atoms with Crippen molar-refractivity contribution in [3.63, 3.8) is 0 Å². The fourth-order valence-electron chi connectivity index (χ4n) is 2.17. The van der Waals surface area contributed by atoms with Crippen LogP contribution in [0.25, 0.3) is 0 Å². The maximum Gasteiger partial charge on any atom is 0.231 e. The first kappa shape index (κ1) is 13.3. The van der Waals surface area contributed by atoms with Gasteiger partial charge in [0.2, 0.25) is 6.79 Å². The molecule has 1 aromatic heterocycles. The van der Waals surface area contributed by atoms with E-state index in [9.17, 15) is 0 Å². The highest BCUT2D eigenvalue weighted by atomic mass is 35.5. The molecule has 0 saturated carbocycles. The fraction of sp³-hybridized carbons (Fsp3) is 0.357. The molecular weight excluding hydrogens is 278 g/mol. The van der Waals surface area contributed by atoms with Gasteiger partial charge >= 0.3 is 0 Å². The highest BCUT2D eigenvalue weighted by Crippen LogP contribution is 2.39. The molecule has 1 N–H and O–H groups in total. The topological polar surface area (TPSA) is 48.3 Å². The Balaban J connectivity index is 1.59. The zero-order chi connectivity index (χ0) is 13.9. The molecule has 0 bridgehead atoms. The second kappa shape index (κ2) is 5.73. The van der Waals surface area contributed by atoms with Gasteiger partial charge < -0.3 is 14.8 Å². The third-order valence-electron chi connectivity index (χ3n) is 3.16. The van der Waals surface area contributed by atoms with E-state index in [2.05, 4.69) is 17.3 Å². The van der Waals surface area contributed by atoms with Gasteiger partial charge in [-0.3, -0.25) is 4.68 Å². The van der Waals surface area contributed by atoms with Gasteiger partial charge in [0.05, 0.1) is 11.6 Å². The van der Waals surface area contributed by atoms with Crippen molar-refractivity contribution in [3.05, 3.63) is 41.2 Å². The van der Waals surface area contributed by atoms with E-state index in [0.29, 0.717) is 22.6 Å². The van der Waals surface area contributed by atoms with E-state index in [1.54, 1.807) is 6.20 Å². The number of nitrogens with zero attached hydrogens (tertiary/aromatic N) is 2. The van der Waals surface area contributed by atoms with Crippen molar-refractivity contribution in [2.75, 3.05) is 6.79 Å². The lowest BCUT2D eigenvalue weighted by molar-refractivity contribution is 0.174. The van der Waals surface area contributed by atoms with Gasteiger partial charge in [0.15, 0.2) is 11.5 Å². The van der Waals surface area contributed by atoms with Gasteiger partial charge in [-0.05, 0) is 30.7 Å². The quantitative estimate of drug-likeness (QED) is 0.920. The summed E-state index contributed by atoms with van der Waals surface area (Å²) < 4.78 is 12.6. The largest absolute Gasteiger partial charge is 0.454 e. The van der Waals surface area contributed by atoms with Gasteiger partial charge in [0.1, 0.15) is 0 Å². The predicted molar refractivity (Wildman–Crippen MR) is 76.1 cm³/mol. The third kappa shape index (κ3) is 2.89. The Kier molecular flexibility index (Phi) is 3.80. The summed E-state index contributed by atoms with van der Waals surface area (Å²) in [6, 6.07) is 6.09. The lowest BCUT2D eigenvalue weighted by atomic mass is 10.2. The van der Waals surface area contributed by atoms with Gasteiger partial charge in [-0.15, -0.1) is 0 Å². The van der Waals surface area contributed by atoms with Crippen LogP contribution >= 0.6 is 11.6 Å². The van der Waals surface area contributed by atoms with E-state index < -0.39 is 0 Å². The molecular formula is C14H16ClN3O2. The predicted octanol–water partition coefficient (Wildman–Crippen LogP) is 2.44. The maximum absolute atomic E-state index is 6.16. The number of benzene rings is 1. The summed E-state index contributed by atoms with van der Waals surface area (Å²) >= 11 is 6.16. The number of ether oxygens (including phenoxy) is 2. The Morgan fingerprint density at radius 1 is 1.45 bits per heavy atom. The van der Waals surface area contributed by atoms with Crippen molar-refractivity contribution in [3.8, 4) is 11.5 Å². The molecule has 1 unspecified atom stereocenters. The van der Waals surface area contributed by atoms with Crippen LogP contribution in [0.2, 0.25) is 5.02 Å². The molecule has 1 aliphatic rings. The van der Waals surface area contributed by atoms with Crippen molar-refractivity contribution >= 4 is 11.6 Å². The molecule has 0 spiro atoms. The highest BCUT2D eigenvalue weighted by molar-refractivity contribution is 6.32. The molecule has 1 aromatic carbocycles. The Labute approximate surface area is 122 Å². The SMILES string of the molecule is CC(Cn1cccn1)NCc1cc(Cl)c2c(c1)OCO2. The van der Waals surface area contributed by atoms with Gasteiger partial charge in [0, 0.05) is 25.0 Å². The monoisotopic (exact) mass is 293 g/mol. The summed E-state index contributed by atoms with van der Waals surface area (Å²) in [6.45, 7) is 3.90. The van der Waals surface area contributed by atoms with E-state index in [4.69, 9.17) is 21.1 Å². The van der Waals surface area contributed by atoms with Crippen LogP contribution in [0.15, 0.2) is 30.6 Å². The third-order valence-corrected chi connectivity index (χ3v) is 3.44. The zero-order valence-corrected chi connectivity index (χ0v) is 11.9. The van der Waals surface area contributed by atoms with E-state index in [-0.39, 0.29) is 6.79 Å². The molecule has 3 rings (SSSR count). The zero-order valence-electron chi connectivity index (χ0n) is 11.2. The molecule has 0 fully saturated rings. The van der Waals surface area contributed by atoms with Crippen molar-refractivity contribution < 1.29 is 9.47 Å². The maximum atomic E-state index is 6.16. The average molecular weight is 294 g/mol. The van der Waals surface area contributed by atoms with Crippen molar-refractivity contribution in [2.24, 2.45) is 0 Å². The summed E-state index contributed by atoms with van der Waals surface area (Å²) in [5, 5.41) is 8.23. The molecule has 2 aromatic rings. The number of hydrogen-bond acceptors (Lipinski definition) is 4. The second-order valence-electron chi connectivity index (χ2n) is 4.82. The van der Waals surface area contributed by atoms with Crippen LogP contribution in [0, 0.1) is 0 Å². The molecule has 0 saturated heterocycles. The van der Waals surface area contributed by atoms with Crippen LogP contribution in [0.3, 0.4) is 0 Å². The van der Waals surface area contributed by atoms with Crippen molar-refractivity contribution in [1.82, 2.24) is 15.1 Å². The first-order valence-corrected chi connectivity index (χ1v) is 6.89. The number of rotatable bonds is 5. The van der Waals surface area contributed by atoms with Crippen LogP contribution < -0.4 is 14.8 Å². The Bertz CT molecular complexity index is 586. The van der Waals surface area contributed by atoms with E-state index in [1.165, 1.54) is 0 Å². The fourth-order valence-corrected chi connectivity index (χ4v) is 2.46. The number of halogens is 1. The van der Waals surface area contributed by atoms with Crippen LogP contribution in [-0.4, -0.2) is 22.6 Å². The van der Waals surface area contributed by atoms with Crippen LogP contribution in [0.4, 0.5) is 0 Å². The summed E-state index contributed by atoms with van der Waals surface area (Å²) in [7, 11) is 0. The Morgan fingerprint density at radius 3 is 3.15 bits per heavy atom. The molecule has 1 atom stereocenters. The number of nitrogens with one attached hydrogen (secondary N) is 1. The second-order valence-corrected chi connectivity index (χ2v) is 5.23. The van der Waals surface area contributed by atoms with Gasteiger partial charge in [-0.25, -0.2) is 0 Å². The molecule has 6 heteroatoms. The normalized spacial score (nSPS) is 14.5. The first-order chi connectivity index (χ1) is 9.72. The summed E-state index contributed by atoms with van der Waals surface area (Å²) in [6.07, 6.45) is 3.74. The number of fused-ring (bicyclic) bond motifs is 1. The Hall–Kier alpha value is -1.72. The van der Waals surface area contributed by atoms with Gasteiger partial charge in [0.25, 0.3) is 0 Å². The molecule has 0 aliphatic carbocycles. The molecule has 106 valence electrons. The minimum absolute atomic E-state index is 0.238. The standard InChI is InChI=1S/C14H16ClN3O2/c1-10(8-18-4-2-3-17-18)16-7-11-5-12(15)14-13(6-11)19-9-20-14/h2-6,10,16H,7-9H2,1H3. The number of aromatic nitrogens is 2. The summed E-state index contributed by atoms with van der Waals surface area (Å²) in [5.74, 6) is 1.36. The molecule has 5 nitrogen and oxygen atoms in total. The Morgan fingerprint density at radius 2 is 2.35 bits per heavy atom. The van der Waals surface area contributed by atoms with Gasteiger partial charge in [-0.2, -0.15) is 5.10 Å². The van der Waals surface area contributed by atoms with Gasteiger partial charge in [-0.1, -0.05) is 11.6 Å². The average Bonchev–Trinajstić information content (AvgIpc) is 3.07. The van der Waals surface area contributed by atoms with Crippen molar-refractivity contribution in [1.29, 1.82) is 0 Å². The van der Waals surface area contributed by atoms with Crippen LogP contribution in [0.1, 0.15) is 12.5 Å². The highest BCUT2D eigenvalue weighted by Gasteiger charge is 2.18. The molecule has 0 amide bonds. The lowest BCUT2D eigenvalue weighted by Gasteiger charge is -2.14. The lowest BCUT2D eigenvalue weighted by Crippen LogP contribution is -2.30. The summed E-state index contributed by atoms with van der Waals surface area (Å²) in [5.41, 5.74) is 1.08. The smallest absolute Gasteiger partial charge is 0.231 e. The molecule has 20 heavy (non-hydrogen) atoms. The van der Waals surface area contributed by atoms with E-state index >= 15 is 0 Å². The molecule has 1 aliphatic heterocycles. The minimum atomic E-state index is 0.238. The summed E-state index contributed by atoms with van der Waals surface area (Å²) in [4.78, 5) is 0.